The van der Waals surface area contributed by atoms with Gasteiger partial charge >= 0.3 is 0 Å². The summed E-state index contributed by atoms with van der Waals surface area (Å²) in [6, 6.07) is 10.9. The highest BCUT2D eigenvalue weighted by atomic mass is 35.5. The quantitative estimate of drug-likeness (QED) is 0.847. The molecule has 0 atom stereocenters. The number of amides is 1. The maximum Gasteiger partial charge on any atom is 0.264 e. The van der Waals surface area contributed by atoms with E-state index in [1.54, 1.807) is 24.3 Å². The van der Waals surface area contributed by atoms with Crippen LogP contribution in [-0.4, -0.2) is 28.0 Å². The number of nitrogens with two attached hydrogens (primary N) is 1. The van der Waals surface area contributed by atoms with Crippen LogP contribution in [0.15, 0.2) is 47.4 Å². The molecule has 0 aliphatic carbocycles. The summed E-state index contributed by atoms with van der Waals surface area (Å²) in [4.78, 5) is 11.5. The largest absolute Gasteiger partial charge is 0.493 e. The van der Waals surface area contributed by atoms with E-state index in [0.29, 0.717) is 0 Å². The van der Waals surface area contributed by atoms with Crippen molar-refractivity contribution in [3.8, 4) is 5.75 Å². The number of para-hydroxylation sites is 1. The molecule has 0 aromatic heterocycles. The van der Waals surface area contributed by atoms with Crippen LogP contribution in [0.2, 0.25) is 5.02 Å². The predicted octanol–water partition coefficient (Wildman–Crippen LogP) is 2.34. The lowest BCUT2D eigenvalue weighted by Crippen LogP contribution is -2.38. The molecule has 0 heterocycles. The lowest BCUT2D eigenvalue weighted by atomic mass is 10.2. The van der Waals surface area contributed by atoms with Crippen LogP contribution in [-0.2, 0) is 14.8 Å². The van der Waals surface area contributed by atoms with Gasteiger partial charge < -0.3 is 10.5 Å². The van der Waals surface area contributed by atoms with Gasteiger partial charge in [0.1, 0.15) is 6.54 Å². The number of methoxy groups -OCH3 is 1. The van der Waals surface area contributed by atoms with E-state index in [2.05, 4.69) is 0 Å². The average Bonchev–Trinajstić information content (AvgIpc) is 2.52. The molecule has 24 heavy (non-hydrogen) atoms. The molecule has 2 aromatic rings. The summed E-state index contributed by atoms with van der Waals surface area (Å²) in [5.74, 6) is -0.649. The predicted molar refractivity (Wildman–Crippen MR) is 92.9 cm³/mol. The number of carbonyl (C=O) groups excluding carboxylic acids is 1. The number of aryl methyl sites for hydroxylation is 1. The number of hydrogen-bond acceptors (Lipinski definition) is 4. The summed E-state index contributed by atoms with van der Waals surface area (Å²) < 4.78 is 32.0. The van der Waals surface area contributed by atoms with E-state index < -0.39 is 22.5 Å². The van der Waals surface area contributed by atoms with Gasteiger partial charge in [-0.2, -0.15) is 0 Å². The minimum Gasteiger partial charge on any atom is -0.493 e. The van der Waals surface area contributed by atoms with Crippen molar-refractivity contribution in [2.75, 3.05) is 18.0 Å². The molecule has 0 fully saturated rings. The molecule has 2 rings (SSSR count). The molecule has 0 saturated carbocycles. The minimum atomic E-state index is -4.02. The number of primary amides is 1. The molecule has 0 spiro atoms. The van der Waals surface area contributed by atoms with Crippen LogP contribution in [0.1, 0.15) is 5.56 Å². The first-order valence-electron chi connectivity index (χ1n) is 6.97. The Morgan fingerprint density at radius 3 is 2.38 bits per heavy atom. The topological polar surface area (TPSA) is 89.7 Å². The van der Waals surface area contributed by atoms with Gasteiger partial charge in [-0.3, -0.25) is 9.10 Å². The van der Waals surface area contributed by atoms with Gasteiger partial charge in [0, 0.05) is 0 Å². The van der Waals surface area contributed by atoms with Gasteiger partial charge in [-0.25, -0.2) is 8.42 Å². The van der Waals surface area contributed by atoms with Crippen LogP contribution < -0.4 is 14.8 Å². The Morgan fingerprint density at radius 2 is 1.83 bits per heavy atom. The molecule has 0 unspecified atom stereocenters. The Kier molecular flexibility index (Phi) is 5.36. The Balaban J connectivity index is 2.63. The highest BCUT2D eigenvalue weighted by molar-refractivity contribution is 7.92. The monoisotopic (exact) mass is 368 g/mol. The lowest BCUT2D eigenvalue weighted by molar-refractivity contribution is -0.116. The number of sulfonamides is 1. The fourth-order valence-electron chi connectivity index (χ4n) is 2.17. The van der Waals surface area contributed by atoms with E-state index in [0.717, 1.165) is 9.87 Å². The van der Waals surface area contributed by atoms with Gasteiger partial charge in [-0.05, 0) is 31.2 Å². The molecule has 1 amide bonds. The van der Waals surface area contributed by atoms with Gasteiger partial charge in [-0.15, -0.1) is 0 Å². The zero-order chi connectivity index (χ0) is 17.9. The molecule has 0 saturated heterocycles. The van der Waals surface area contributed by atoms with E-state index >= 15 is 0 Å². The minimum absolute atomic E-state index is 0.0383. The second kappa shape index (κ2) is 7.11. The van der Waals surface area contributed by atoms with Crippen molar-refractivity contribution in [2.24, 2.45) is 5.73 Å². The number of benzene rings is 2. The van der Waals surface area contributed by atoms with Crippen molar-refractivity contribution in [2.45, 2.75) is 11.8 Å². The average molecular weight is 369 g/mol. The summed E-state index contributed by atoms with van der Waals surface area (Å²) >= 11 is 6.06. The molecule has 2 aromatic carbocycles. The first-order valence-corrected chi connectivity index (χ1v) is 8.79. The first-order chi connectivity index (χ1) is 11.3. The maximum atomic E-state index is 13.0. The van der Waals surface area contributed by atoms with Crippen molar-refractivity contribution in [3.63, 3.8) is 0 Å². The normalized spacial score (nSPS) is 11.1. The molecular weight excluding hydrogens is 352 g/mol. The highest BCUT2D eigenvalue weighted by Gasteiger charge is 2.29. The van der Waals surface area contributed by atoms with Crippen molar-refractivity contribution in [1.82, 2.24) is 0 Å². The number of rotatable bonds is 6. The molecule has 0 aliphatic rings. The number of anilines is 1. The molecule has 0 bridgehead atoms. The first kappa shape index (κ1) is 18.1. The SMILES string of the molecule is COc1c(Cl)cccc1N(CC(N)=O)S(=O)(=O)c1ccc(C)cc1. The Bertz CT molecular complexity index is 851. The maximum absolute atomic E-state index is 13.0. The molecule has 8 heteroatoms. The molecule has 0 aliphatic heterocycles. The highest BCUT2D eigenvalue weighted by Crippen LogP contribution is 2.37. The smallest absolute Gasteiger partial charge is 0.264 e. The fourth-order valence-corrected chi connectivity index (χ4v) is 3.86. The molecular formula is C16H17ClN2O4S. The van der Waals surface area contributed by atoms with Gasteiger partial charge in [0.25, 0.3) is 10.0 Å². The van der Waals surface area contributed by atoms with Crippen LogP contribution >= 0.6 is 11.6 Å². The van der Waals surface area contributed by atoms with Gasteiger partial charge in [0.05, 0.1) is 22.7 Å². The zero-order valence-electron chi connectivity index (χ0n) is 13.2. The number of ether oxygens (including phenoxy) is 1. The second-order valence-electron chi connectivity index (χ2n) is 5.08. The van der Waals surface area contributed by atoms with Crippen molar-refractivity contribution < 1.29 is 17.9 Å². The molecule has 6 nitrogen and oxygen atoms in total. The van der Waals surface area contributed by atoms with Gasteiger partial charge in [-0.1, -0.05) is 35.4 Å². The van der Waals surface area contributed by atoms with Crippen LogP contribution in [0.4, 0.5) is 5.69 Å². The Hall–Kier alpha value is -2.25. The molecule has 0 radical (unpaired) electrons. The van der Waals surface area contributed by atoms with Crippen LogP contribution in [0.3, 0.4) is 0 Å². The van der Waals surface area contributed by atoms with Crippen molar-refractivity contribution in [3.05, 3.63) is 53.1 Å². The Labute approximate surface area is 145 Å². The van der Waals surface area contributed by atoms with Crippen molar-refractivity contribution in [1.29, 1.82) is 0 Å². The number of halogens is 1. The summed E-state index contributed by atoms with van der Waals surface area (Å²) in [6.07, 6.45) is 0. The van der Waals surface area contributed by atoms with E-state index in [9.17, 15) is 13.2 Å². The third-order valence-corrected chi connectivity index (χ3v) is 5.40. The van der Waals surface area contributed by atoms with Gasteiger partial charge in [0.15, 0.2) is 5.75 Å². The van der Waals surface area contributed by atoms with Crippen LogP contribution in [0.25, 0.3) is 0 Å². The van der Waals surface area contributed by atoms with E-state index in [4.69, 9.17) is 22.1 Å². The third kappa shape index (κ3) is 3.63. The third-order valence-electron chi connectivity index (χ3n) is 3.33. The Morgan fingerprint density at radius 1 is 1.21 bits per heavy atom. The van der Waals surface area contributed by atoms with E-state index in [-0.39, 0.29) is 21.4 Å². The van der Waals surface area contributed by atoms with Crippen LogP contribution in [0, 0.1) is 6.92 Å². The second-order valence-corrected chi connectivity index (χ2v) is 7.35. The summed E-state index contributed by atoms with van der Waals surface area (Å²) in [5, 5.41) is 0.226. The van der Waals surface area contributed by atoms with Crippen molar-refractivity contribution >= 4 is 33.2 Å². The zero-order valence-corrected chi connectivity index (χ0v) is 14.8. The summed E-state index contributed by atoms with van der Waals surface area (Å²) in [6.45, 7) is 1.31. The van der Waals surface area contributed by atoms with E-state index in [1.807, 2.05) is 6.92 Å². The van der Waals surface area contributed by atoms with Gasteiger partial charge in [0.2, 0.25) is 5.91 Å². The standard InChI is InChI=1S/C16H17ClN2O4S/c1-11-6-8-12(9-7-11)24(21,22)19(10-15(18)20)14-5-3-4-13(17)16(14)23-2/h3-9H,10H2,1-2H3,(H2,18,20). The summed E-state index contributed by atoms with van der Waals surface area (Å²) in [5.41, 5.74) is 6.30. The number of nitrogens with zero attached hydrogens (tertiary/aromatic N) is 1. The summed E-state index contributed by atoms with van der Waals surface area (Å²) in [7, 11) is -2.65. The fraction of sp³-hybridized carbons (Fsp3) is 0.188. The molecule has 2 N–H and O–H groups in total. The lowest BCUT2D eigenvalue weighted by Gasteiger charge is -2.25. The number of carbonyl (C=O) groups is 1. The van der Waals surface area contributed by atoms with E-state index in [1.165, 1.54) is 25.3 Å². The molecule has 128 valence electrons. The number of hydrogen-bond donors (Lipinski definition) is 1. The van der Waals surface area contributed by atoms with Crippen LogP contribution in [0.5, 0.6) is 5.75 Å².